The Labute approximate surface area is 161 Å². The van der Waals surface area contributed by atoms with Crippen LogP contribution >= 0.6 is 23.2 Å². The molecule has 1 amide bonds. The molecule has 0 saturated heterocycles. The number of pyridine rings is 1. The minimum atomic E-state index is -0.0426. The number of carbonyl (C=O) groups is 1. The van der Waals surface area contributed by atoms with Crippen LogP contribution in [-0.4, -0.2) is 21.9 Å². The molecule has 0 saturated carbocycles. The van der Waals surface area contributed by atoms with Gasteiger partial charge in [-0.1, -0.05) is 29.3 Å². The van der Waals surface area contributed by atoms with Crippen molar-refractivity contribution in [1.82, 2.24) is 14.7 Å². The predicted molar refractivity (Wildman–Crippen MR) is 103 cm³/mol. The summed E-state index contributed by atoms with van der Waals surface area (Å²) >= 11 is 12.0. The number of nitrogens with one attached hydrogen (secondary N) is 1. The molecule has 2 aromatic heterocycles. The van der Waals surface area contributed by atoms with E-state index in [0.717, 1.165) is 16.9 Å². The molecule has 1 aromatic carbocycles. The Morgan fingerprint density at radius 1 is 1.31 bits per heavy atom. The van der Waals surface area contributed by atoms with E-state index in [1.165, 1.54) is 0 Å². The van der Waals surface area contributed by atoms with Gasteiger partial charge in [-0.2, -0.15) is 0 Å². The van der Waals surface area contributed by atoms with Crippen LogP contribution in [0.4, 0.5) is 0 Å². The molecule has 0 aliphatic carbocycles. The van der Waals surface area contributed by atoms with Crippen molar-refractivity contribution in [1.29, 1.82) is 0 Å². The molecule has 26 heavy (non-hydrogen) atoms. The van der Waals surface area contributed by atoms with Crippen LogP contribution in [0.1, 0.15) is 24.1 Å². The first-order valence-corrected chi connectivity index (χ1v) is 9.06. The van der Waals surface area contributed by atoms with E-state index in [2.05, 4.69) is 10.3 Å². The average molecular weight is 392 g/mol. The molecular weight excluding hydrogens is 373 g/mol. The van der Waals surface area contributed by atoms with Gasteiger partial charge in [0.05, 0.1) is 23.9 Å². The third-order valence-electron chi connectivity index (χ3n) is 3.85. The first-order chi connectivity index (χ1) is 12.5. The molecule has 2 heterocycles. The summed E-state index contributed by atoms with van der Waals surface area (Å²) in [6.45, 7) is 2.82. The minimum absolute atomic E-state index is 0.0426. The normalized spacial score (nSPS) is 10.9. The summed E-state index contributed by atoms with van der Waals surface area (Å²) < 4.78 is 7.51. The van der Waals surface area contributed by atoms with E-state index in [1.807, 2.05) is 35.9 Å². The molecule has 0 radical (unpaired) electrons. The van der Waals surface area contributed by atoms with Gasteiger partial charge in [0.25, 0.3) is 0 Å². The van der Waals surface area contributed by atoms with Crippen molar-refractivity contribution in [2.24, 2.45) is 0 Å². The lowest BCUT2D eigenvalue weighted by atomic mass is 10.3. The number of nitrogens with zero attached hydrogens (tertiary/aromatic N) is 2. The van der Waals surface area contributed by atoms with E-state index in [4.69, 9.17) is 27.9 Å². The molecule has 0 unspecified atom stereocenters. The van der Waals surface area contributed by atoms with E-state index < -0.39 is 0 Å². The lowest BCUT2D eigenvalue weighted by Crippen LogP contribution is -2.23. The quantitative estimate of drug-likeness (QED) is 0.606. The number of imidazole rings is 1. The zero-order valence-corrected chi connectivity index (χ0v) is 15.8. The molecule has 0 aliphatic rings. The van der Waals surface area contributed by atoms with E-state index in [1.54, 1.807) is 18.2 Å². The maximum Gasteiger partial charge on any atom is 0.220 e. The van der Waals surface area contributed by atoms with Crippen LogP contribution in [0.15, 0.2) is 42.7 Å². The van der Waals surface area contributed by atoms with Crippen LogP contribution < -0.4 is 10.1 Å². The molecule has 5 nitrogen and oxygen atoms in total. The molecule has 7 heteroatoms. The van der Waals surface area contributed by atoms with Crippen LogP contribution in [0.3, 0.4) is 0 Å². The van der Waals surface area contributed by atoms with Crippen molar-refractivity contribution in [3.05, 3.63) is 64.0 Å². The van der Waals surface area contributed by atoms with Gasteiger partial charge in [-0.05, 0) is 43.2 Å². The fourth-order valence-electron chi connectivity index (χ4n) is 2.51. The molecular formula is C19H19Cl2N3O2. The van der Waals surface area contributed by atoms with Crippen molar-refractivity contribution >= 4 is 34.8 Å². The summed E-state index contributed by atoms with van der Waals surface area (Å²) in [7, 11) is 0. The highest BCUT2D eigenvalue weighted by Gasteiger charge is 2.07. The molecule has 0 bridgehead atoms. The van der Waals surface area contributed by atoms with Crippen LogP contribution in [-0.2, 0) is 11.3 Å². The third kappa shape index (κ3) is 4.68. The van der Waals surface area contributed by atoms with E-state index in [-0.39, 0.29) is 5.91 Å². The molecule has 0 spiro atoms. The van der Waals surface area contributed by atoms with E-state index in [9.17, 15) is 4.79 Å². The zero-order chi connectivity index (χ0) is 18.5. The van der Waals surface area contributed by atoms with Gasteiger partial charge in [0.2, 0.25) is 5.91 Å². The van der Waals surface area contributed by atoms with Crippen molar-refractivity contribution < 1.29 is 9.53 Å². The molecule has 3 aromatic rings. The van der Waals surface area contributed by atoms with E-state index in [0.29, 0.717) is 41.8 Å². The fraction of sp³-hybridized carbons (Fsp3) is 0.263. The monoisotopic (exact) mass is 391 g/mol. The Bertz CT molecular complexity index is 924. The highest BCUT2D eigenvalue weighted by Crippen LogP contribution is 2.31. The molecule has 1 N–H and O–H groups in total. The maximum atomic E-state index is 12.0. The summed E-state index contributed by atoms with van der Waals surface area (Å²) in [6, 6.07) is 9.24. The number of aryl methyl sites for hydroxylation is 1. The number of fused-ring (bicyclic) bond motifs is 1. The van der Waals surface area contributed by atoms with E-state index >= 15 is 0 Å². The second-order valence-electron chi connectivity index (χ2n) is 5.98. The predicted octanol–water partition coefficient (Wildman–Crippen LogP) is 4.42. The Hall–Kier alpha value is -2.24. The van der Waals surface area contributed by atoms with Crippen LogP contribution in [0.2, 0.25) is 10.0 Å². The summed E-state index contributed by atoms with van der Waals surface area (Å²) in [4.78, 5) is 16.5. The number of aromatic nitrogens is 2. The Morgan fingerprint density at radius 2 is 2.15 bits per heavy atom. The molecule has 0 fully saturated rings. The van der Waals surface area contributed by atoms with Gasteiger partial charge in [0.15, 0.2) is 0 Å². The number of hydrogen-bond acceptors (Lipinski definition) is 3. The Balaban J connectivity index is 1.42. The van der Waals surface area contributed by atoms with Gasteiger partial charge in [0.1, 0.15) is 16.4 Å². The van der Waals surface area contributed by atoms with Crippen molar-refractivity contribution in [2.75, 3.05) is 6.61 Å². The van der Waals surface area contributed by atoms with Crippen molar-refractivity contribution in [3.8, 4) is 5.75 Å². The SMILES string of the molecule is Cc1ccn2cc(CNC(=O)CCCOc3cccc(Cl)c3Cl)nc2c1. The number of halogens is 2. The maximum absolute atomic E-state index is 12.0. The smallest absolute Gasteiger partial charge is 0.220 e. The molecule has 136 valence electrons. The number of rotatable bonds is 7. The molecule has 0 aliphatic heterocycles. The number of carbonyl (C=O) groups excluding carboxylic acids is 1. The van der Waals surface area contributed by atoms with Crippen LogP contribution in [0.25, 0.3) is 5.65 Å². The lowest BCUT2D eigenvalue weighted by Gasteiger charge is -2.08. The largest absolute Gasteiger partial charge is 0.492 e. The van der Waals surface area contributed by atoms with Crippen LogP contribution in [0.5, 0.6) is 5.75 Å². The summed E-state index contributed by atoms with van der Waals surface area (Å²) in [5.74, 6) is 0.485. The van der Waals surface area contributed by atoms with Crippen molar-refractivity contribution in [2.45, 2.75) is 26.3 Å². The molecule has 0 atom stereocenters. The number of amides is 1. The summed E-state index contributed by atoms with van der Waals surface area (Å²) in [5.41, 5.74) is 2.85. The first-order valence-electron chi connectivity index (χ1n) is 8.30. The van der Waals surface area contributed by atoms with Gasteiger partial charge < -0.3 is 14.5 Å². The highest BCUT2D eigenvalue weighted by atomic mass is 35.5. The number of benzene rings is 1. The average Bonchev–Trinajstić information content (AvgIpc) is 3.02. The Kier molecular flexibility index (Phi) is 6.01. The van der Waals surface area contributed by atoms with Gasteiger partial charge in [-0.25, -0.2) is 4.98 Å². The minimum Gasteiger partial charge on any atom is -0.492 e. The summed E-state index contributed by atoms with van der Waals surface area (Å²) in [5, 5.41) is 3.71. The second-order valence-corrected chi connectivity index (χ2v) is 6.77. The standard InChI is InChI=1S/C19H19Cl2N3O2/c1-13-7-8-24-12-14(23-17(24)10-13)11-22-18(25)6-3-9-26-16-5-2-4-15(20)19(16)21/h2,4-5,7-8,10,12H,3,6,9,11H2,1H3,(H,22,25). The fourth-order valence-corrected chi connectivity index (χ4v) is 2.86. The number of hydrogen-bond donors (Lipinski definition) is 1. The summed E-state index contributed by atoms with van der Waals surface area (Å²) in [6.07, 6.45) is 4.82. The second kappa shape index (κ2) is 8.43. The Morgan fingerprint density at radius 3 is 3.00 bits per heavy atom. The van der Waals surface area contributed by atoms with Gasteiger partial charge >= 0.3 is 0 Å². The van der Waals surface area contributed by atoms with Gasteiger partial charge in [0, 0.05) is 18.8 Å². The molecule has 3 rings (SSSR count). The highest BCUT2D eigenvalue weighted by molar-refractivity contribution is 6.42. The van der Waals surface area contributed by atoms with Gasteiger partial charge in [-0.15, -0.1) is 0 Å². The first kappa shape index (κ1) is 18.5. The topological polar surface area (TPSA) is 55.6 Å². The van der Waals surface area contributed by atoms with Gasteiger partial charge in [-0.3, -0.25) is 4.79 Å². The lowest BCUT2D eigenvalue weighted by molar-refractivity contribution is -0.121. The zero-order valence-electron chi connectivity index (χ0n) is 14.3. The van der Waals surface area contributed by atoms with Crippen molar-refractivity contribution in [3.63, 3.8) is 0 Å². The third-order valence-corrected chi connectivity index (χ3v) is 4.66. The number of ether oxygens (including phenoxy) is 1. The van der Waals surface area contributed by atoms with Crippen LogP contribution in [0, 0.1) is 6.92 Å².